The van der Waals surface area contributed by atoms with Gasteiger partial charge in [-0.15, -0.1) is 24.0 Å². The Morgan fingerprint density at radius 1 is 1.00 bits per heavy atom. The van der Waals surface area contributed by atoms with Crippen LogP contribution in [0, 0.1) is 0 Å². The number of rotatable bonds is 5. The zero-order chi connectivity index (χ0) is 14.2. The van der Waals surface area contributed by atoms with Crippen molar-refractivity contribution in [3.05, 3.63) is 48.0 Å². The molecule has 0 aromatic heterocycles. The highest BCUT2D eigenvalue weighted by molar-refractivity contribution is 14.0. The SMILES string of the molecule is CCCNC(=NC)NCCc1ccc2ccccc2c1.I. The fourth-order valence-electron chi connectivity index (χ4n) is 2.18. The van der Waals surface area contributed by atoms with Crippen LogP contribution in [-0.4, -0.2) is 26.1 Å². The third-order valence-corrected chi connectivity index (χ3v) is 3.29. The Hall–Kier alpha value is -1.30. The standard InChI is InChI=1S/C17H23N3.HI/c1-3-11-19-17(18-2)20-12-10-14-8-9-15-6-4-5-7-16(15)13-14;/h4-9,13H,3,10-12H2,1-2H3,(H2,18,19,20);1H. The Labute approximate surface area is 144 Å². The highest BCUT2D eigenvalue weighted by Crippen LogP contribution is 2.15. The van der Waals surface area contributed by atoms with E-state index in [1.807, 2.05) is 0 Å². The molecule has 0 bridgehead atoms. The van der Waals surface area contributed by atoms with Gasteiger partial charge in [0.1, 0.15) is 0 Å². The van der Waals surface area contributed by atoms with Crippen molar-refractivity contribution in [2.24, 2.45) is 4.99 Å². The van der Waals surface area contributed by atoms with Gasteiger partial charge < -0.3 is 10.6 Å². The lowest BCUT2D eigenvalue weighted by Crippen LogP contribution is -2.38. The quantitative estimate of drug-likeness (QED) is 0.460. The molecule has 0 atom stereocenters. The summed E-state index contributed by atoms with van der Waals surface area (Å²) in [4.78, 5) is 4.20. The van der Waals surface area contributed by atoms with Crippen LogP contribution in [0.5, 0.6) is 0 Å². The average molecular weight is 397 g/mol. The van der Waals surface area contributed by atoms with Gasteiger partial charge in [0.05, 0.1) is 0 Å². The van der Waals surface area contributed by atoms with Crippen LogP contribution in [0.25, 0.3) is 10.8 Å². The van der Waals surface area contributed by atoms with Gasteiger partial charge >= 0.3 is 0 Å². The molecule has 0 aliphatic carbocycles. The largest absolute Gasteiger partial charge is 0.356 e. The van der Waals surface area contributed by atoms with E-state index in [9.17, 15) is 0 Å². The van der Waals surface area contributed by atoms with Gasteiger partial charge in [-0.3, -0.25) is 4.99 Å². The van der Waals surface area contributed by atoms with Gasteiger partial charge in [0.15, 0.2) is 5.96 Å². The van der Waals surface area contributed by atoms with Crippen molar-refractivity contribution in [2.75, 3.05) is 20.1 Å². The Morgan fingerprint density at radius 3 is 2.43 bits per heavy atom. The summed E-state index contributed by atoms with van der Waals surface area (Å²) in [7, 11) is 1.81. The van der Waals surface area contributed by atoms with Crippen LogP contribution in [0.4, 0.5) is 0 Å². The average Bonchev–Trinajstić information content (AvgIpc) is 2.50. The number of hydrogen-bond donors (Lipinski definition) is 2. The van der Waals surface area contributed by atoms with Crippen LogP contribution in [0.2, 0.25) is 0 Å². The van der Waals surface area contributed by atoms with Crippen molar-refractivity contribution in [3.8, 4) is 0 Å². The Kier molecular flexibility index (Phi) is 8.12. The molecule has 0 amide bonds. The Balaban J connectivity index is 0.00000220. The molecule has 0 aliphatic rings. The van der Waals surface area contributed by atoms with Crippen molar-refractivity contribution < 1.29 is 0 Å². The summed E-state index contributed by atoms with van der Waals surface area (Å²) in [6.45, 7) is 3.99. The van der Waals surface area contributed by atoms with Crippen LogP contribution in [0.3, 0.4) is 0 Å². The van der Waals surface area contributed by atoms with Gasteiger partial charge in [-0.2, -0.15) is 0 Å². The number of nitrogens with one attached hydrogen (secondary N) is 2. The first-order valence-corrected chi connectivity index (χ1v) is 7.25. The highest BCUT2D eigenvalue weighted by atomic mass is 127. The number of fused-ring (bicyclic) bond motifs is 1. The third-order valence-electron chi connectivity index (χ3n) is 3.29. The van der Waals surface area contributed by atoms with Crippen LogP contribution in [0.1, 0.15) is 18.9 Å². The fraction of sp³-hybridized carbons (Fsp3) is 0.353. The molecule has 3 nitrogen and oxygen atoms in total. The second-order valence-electron chi connectivity index (χ2n) is 4.86. The van der Waals surface area contributed by atoms with Crippen molar-refractivity contribution >= 4 is 40.7 Å². The molecular weight excluding hydrogens is 373 g/mol. The fourth-order valence-corrected chi connectivity index (χ4v) is 2.18. The summed E-state index contributed by atoms with van der Waals surface area (Å²) in [5.41, 5.74) is 1.35. The normalized spacial score (nSPS) is 11.0. The van der Waals surface area contributed by atoms with Gasteiger partial charge in [-0.1, -0.05) is 49.4 Å². The zero-order valence-electron chi connectivity index (χ0n) is 12.7. The number of hydrogen-bond acceptors (Lipinski definition) is 1. The van der Waals surface area contributed by atoms with E-state index in [-0.39, 0.29) is 24.0 Å². The lowest BCUT2D eigenvalue weighted by molar-refractivity contribution is 0.774. The molecule has 2 N–H and O–H groups in total. The van der Waals surface area contributed by atoms with Gasteiger partial charge in [0.2, 0.25) is 0 Å². The maximum Gasteiger partial charge on any atom is 0.190 e. The molecule has 0 heterocycles. The number of benzene rings is 2. The minimum Gasteiger partial charge on any atom is -0.356 e. The predicted octanol–water partition coefficient (Wildman–Crippen LogP) is 3.58. The first-order valence-electron chi connectivity index (χ1n) is 7.25. The van der Waals surface area contributed by atoms with Crippen LogP contribution in [-0.2, 0) is 6.42 Å². The van der Waals surface area contributed by atoms with E-state index >= 15 is 0 Å². The van der Waals surface area contributed by atoms with Crippen LogP contribution in [0.15, 0.2) is 47.5 Å². The van der Waals surface area contributed by atoms with Crippen molar-refractivity contribution in [1.29, 1.82) is 0 Å². The molecule has 0 saturated heterocycles. The number of guanidine groups is 1. The molecule has 0 radical (unpaired) electrons. The second-order valence-corrected chi connectivity index (χ2v) is 4.86. The molecule has 0 aliphatic heterocycles. The number of aliphatic imine (C=N–C) groups is 1. The molecule has 0 fully saturated rings. The smallest absolute Gasteiger partial charge is 0.190 e. The van der Waals surface area contributed by atoms with Crippen molar-refractivity contribution in [1.82, 2.24) is 10.6 Å². The van der Waals surface area contributed by atoms with Gasteiger partial charge in [0, 0.05) is 20.1 Å². The van der Waals surface area contributed by atoms with E-state index in [0.29, 0.717) is 0 Å². The summed E-state index contributed by atoms with van der Waals surface area (Å²) in [6, 6.07) is 15.1. The monoisotopic (exact) mass is 397 g/mol. The summed E-state index contributed by atoms with van der Waals surface area (Å²) < 4.78 is 0. The van der Waals surface area contributed by atoms with E-state index in [1.54, 1.807) is 7.05 Å². The minimum atomic E-state index is 0. The van der Waals surface area contributed by atoms with E-state index in [2.05, 4.69) is 65.0 Å². The lowest BCUT2D eigenvalue weighted by Gasteiger charge is -2.11. The lowest BCUT2D eigenvalue weighted by atomic mass is 10.1. The summed E-state index contributed by atoms with van der Waals surface area (Å²) >= 11 is 0. The minimum absolute atomic E-state index is 0. The maximum atomic E-state index is 4.20. The highest BCUT2D eigenvalue weighted by Gasteiger charge is 1.98. The Morgan fingerprint density at radius 2 is 1.71 bits per heavy atom. The topological polar surface area (TPSA) is 36.4 Å². The van der Waals surface area contributed by atoms with E-state index < -0.39 is 0 Å². The maximum absolute atomic E-state index is 4.20. The summed E-state index contributed by atoms with van der Waals surface area (Å²) in [5.74, 6) is 0.882. The van der Waals surface area contributed by atoms with E-state index in [0.717, 1.165) is 31.9 Å². The predicted molar refractivity (Wildman–Crippen MR) is 103 cm³/mol. The molecule has 0 unspecified atom stereocenters. The summed E-state index contributed by atoms with van der Waals surface area (Å²) in [5, 5.41) is 9.21. The third kappa shape index (κ3) is 5.53. The molecule has 21 heavy (non-hydrogen) atoms. The number of halogens is 1. The van der Waals surface area contributed by atoms with Crippen molar-refractivity contribution in [3.63, 3.8) is 0 Å². The van der Waals surface area contributed by atoms with Gasteiger partial charge in [-0.05, 0) is 29.2 Å². The van der Waals surface area contributed by atoms with E-state index in [1.165, 1.54) is 16.3 Å². The van der Waals surface area contributed by atoms with E-state index in [4.69, 9.17) is 0 Å². The molecular formula is C17H24IN3. The molecule has 2 aromatic rings. The first-order chi connectivity index (χ1) is 9.83. The van der Waals surface area contributed by atoms with Crippen molar-refractivity contribution in [2.45, 2.75) is 19.8 Å². The van der Waals surface area contributed by atoms with Crippen LogP contribution < -0.4 is 10.6 Å². The van der Waals surface area contributed by atoms with Crippen LogP contribution >= 0.6 is 24.0 Å². The molecule has 2 aromatic carbocycles. The molecule has 114 valence electrons. The molecule has 0 spiro atoms. The summed E-state index contributed by atoms with van der Waals surface area (Å²) in [6.07, 6.45) is 2.10. The second kappa shape index (κ2) is 9.60. The molecule has 0 saturated carbocycles. The zero-order valence-corrected chi connectivity index (χ0v) is 15.1. The van der Waals surface area contributed by atoms with Gasteiger partial charge in [-0.25, -0.2) is 0 Å². The molecule has 4 heteroatoms. The molecule has 2 rings (SSSR count). The first kappa shape index (κ1) is 17.8. The number of nitrogens with zero attached hydrogens (tertiary/aromatic N) is 1. The van der Waals surface area contributed by atoms with Gasteiger partial charge in [0.25, 0.3) is 0 Å². The Bertz CT molecular complexity index is 581.